The number of rotatable bonds is 7. The van der Waals surface area contributed by atoms with Crippen LogP contribution >= 0.6 is 12.4 Å². The normalized spacial score (nSPS) is 17.1. The summed E-state index contributed by atoms with van der Waals surface area (Å²) in [7, 11) is 3.33. The van der Waals surface area contributed by atoms with Crippen molar-refractivity contribution in [3.05, 3.63) is 53.6 Å². The summed E-state index contributed by atoms with van der Waals surface area (Å²) in [4.78, 5) is 2.44. The predicted molar refractivity (Wildman–Crippen MR) is 110 cm³/mol. The summed E-state index contributed by atoms with van der Waals surface area (Å²) in [6.07, 6.45) is 0. The van der Waals surface area contributed by atoms with Gasteiger partial charge in [-0.05, 0) is 30.2 Å². The van der Waals surface area contributed by atoms with Crippen molar-refractivity contribution in [2.45, 2.75) is 26.1 Å². The molecule has 5 nitrogen and oxygen atoms in total. The number of methoxy groups -OCH3 is 2. The molecule has 2 aromatic rings. The van der Waals surface area contributed by atoms with Crippen molar-refractivity contribution in [2.75, 3.05) is 33.9 Å². The lowest BCUT2D eigenvalue weighted by atomic mass is 10.1. The highest BCUT2D eigenvalue weighted by molar-refractivity contribution is 5.85. The van der Waals surface area contributed by atoms with Crippen LogP contribution in [0.1, 0.15) is 18.1 Å². The van der Waals surface area contributed by atoms with E-state index in [1.807, 2.05) is 30.3 Å². The minimum absolute atomic E-state index is 0. The van der Waals surface area contributed by atoms with Gasteiger partial charge in [0, 0.05) is 32.2 Å². The molecule has 27 heavy (non-hydrogen) atoms. The number of benzene rings is 2. The summed E-state index contributed by atoms with van der Waals surface area (Å²) >= 11 is 0. The predicted octanol–water partition coefficient (Wildman–Crippen LogP) is 3.50. The Bertz CT molecular complexity index is 687. The molecule has 1 fully saturated rings. The van der Waals surface area contributed by atoms with Gasteiger partial charge in [-0.25, -0.2) is 0 Å². The Hall–Kier alpha value is -1.95. The van der Waals surface area contributed by atoms with Gasteiger partial charge in [0.05, 0.1) is 14.2 Å². The van der Waals surface area contributed by atoms with E-state index in [1.54, 1.807) is 14.2 Å². The van der Waals surface area contributed by atoms with Gasteiger partial charge in [-0.15, -0.1) is 12.4 Å². The minimum Gasteiger partial charge on any atom is -0.493 e. The van der Waals surface area contributed by atoms with Crippen molar-refractivity contribution in [3.63, 3.8) is 0 Å². The third-order valence-electron chi connectivity index (χ3n) is 4.61. The molecule has 1 saturated heterocycles. The molecule has 2 aromatic carbocycles. The molecule has 0 spiro atoms. The zero-order valence-corrected chi connectivity index (χ0v) is 17.1. The van der Waals surface area contributed by atoms with Crippen LogP contribution in [0.25, 0.3) is 0 Å². The van der Waals surface area contributed by atoms with Crippen LogP contribution in [0.4, 0.5) is 0 Å². The highest BCUT2D eigenvalue weighted by Crippen LogP contribution is 2.39. The zero-order chi connectivity index (χ0) is 18.4. The zero-order valence-electron chi connectivity index (χ0n) is 16.2. The first-order valence-electron chi connectivity index (χ1n) is 9.07. The molecule has 0 bridgehead atoms. The van der Waals surface area contributed by atoms with E-state index in [0.29, 0.717) is 29.9 Å². The summed E-state index contributed by atoms with van der Waals surface area (Å²) in [6, 6.07) is 14.7. The molecule has 1 unspecified atom stereocenters. The van der Waals surface area contributed by atoms with Gasteiger partial charge in [0.2, 0.25) is 5.75 Å². The molecule has 0 aliphatic carbocycles. The Labute approximate surface area is 168 Å². The largest absolute Gasteiger partial charge is 0.493 e. The minimum atomic E-state index is 0. The Morgan fingerprint density at radius 1 is 1.04 bits per heavy atom. The maximum absolute atomic E-state index is 6.02. The number of piperazine rings is 1. The van der Waals surface area contributed by atoms with Crippen LogP contribution in [0.5, 0.6) is 17.2 Å². The first kappa shape index (κ1) is 21.4. The van der Waals surface area contributed by atoms with Gasteiger partial charge in [-0.1, -0.05) is 30.3 Å². The molecule has 1 aliphatic rings. The molecule has 0 amide bonds. The van der Waals surface area contributed by atoms with Crippen molar-refractivity contribution < 1.29 is 14.2 Å². The van der Waals surface area contributed by atoms with Crippen LogP contribution in [-0.4, -0.2) is 44.8 Å². The maximum atomic E-state index is 6.02. The van der Waals surface area contributed by atoms with Crippen LogP contribution in [0, 0.1) is 0 Å². The molecule has 0 radical (unpaired) electrons. The third-order valence-corrected chi connectivity index (χ3v) is 4.61. The molecule has 0 aromatic heterocycles. The van der Waals surface area contributed by atoms with Crippen molar-refractivity contribution in [1.82, 2.24) is 10.2 Å². The summed E-state index contributed by atoms with van der Waals surface area (Å²) < 4.78 is 17.2. The van der Waals surface area contributed by atoms with Crippen LogP contribution in [-0.2, 0) is 13.2 Å². The molecule has 1 atom stereocenters. The van der Waals surface area contributed by atoms with E-state index >= 15 is 0 Å². The van der Waals surface area contributed by atoms with E-state index < -0.39 is 0 Å². The number of nitrogens with zero attached hydrogens (tertiary/aromatic N) is 1. The number of ether oxygens (including phenoxy) is 3. The standard InChI is InChI=1S/C21H28N2O3.ClH/c1-16-13-23(10-9-22-16)14-18-11-19(24-2)21(20(12-18)25-3)26-15-17-7-5-4-6-8-17;/h4-8,11-12,16,22H,9-10,13-15H2,1-3H3;1H. The fraction of sp³-hybridized carbons (Fsp3) is 0.429. The molecule has 6 heteroatoms. The Balaban J connectivity index is 0.00000261. The average Bonchev–Trinajstić information content (AvgIpc) is 2.67. The first-order chi connectivity index (χ1) is 12.7. The molecule has 3 rings (SSSR count). The maximum Gasteiger partial charge on any atom is 0.203 e. The van der Waals surface area contributed by atoms with Crippen molar-refractivity contribution >= 4 is 12.4 Å². The number of halogens is 1. The summed E-state index contributed by atoms with van der Waals surface area (Å²) in [5.74, 6) is 2.06. The van der Waals surface area contributed by atoms with E-state index in [1.165, 1.54) is 5.56 Å². The lowest BCUT2D eigenvalue weighted by Crippen LogP contribution is -2.48. The SMILES string of the molecule is COc1cc(CN2CCNC(C)C2)cc(OC)c1OCc1ccccc1.Cl. The lowest BCUT2D eigenvalue weighted by Gasteiger charge is -2.32. The van der Waals surface area contributed by atoms with E-state index in [-0.39, 0.29) is 12.4 Å². The summed E-state index contributed by atoms with van der Waals surface area (Å²) in [6.45, 7) is 6.67. The average molecular weight is 393 g/mol. The van der Waals surface area contributed by atoms with E-state index in [9.17, 15) is 0 Å². The quantitative estimate of drug-likeness (QED) is 0.781. The monoisotopic (exact) mass is 392 g/mol. The van der Waals surface area contributed by atoms with Crippen LogP contribution in [0.3, 0.4) is 0 Å². The number of hydrogen-bond acceptors (Lipinski definition) is 5. The Morgan fingerprint density at radius 2 is 1.70 bits per heavy atom. The van der Waals surface area contributed by atoms with Gasteiger partial charge >= 0.3 is 0 Å². The number of nitrogens with one attached hydrogen (secondary N) is 1. The molecular weight excluding hydrogens is 364 g/mol. The fourth-order valence-electron chi connectivity index (χ4n) is 3.31. The molecule has 1 aliphatic heterocycles. The smallest absolute Gasteiger partial charge is 0.203 e. The van der Waals surface area contributed by atoms with Gasteiger partial charge in [-0.3, -0.25) is 4.90 Å². The highest BCUT2D eigenvalue weighted by Gasteiger charge is 2.19. The second kappa shape index (κ2) is 10.4. The fourth-order valence-corrected chi connectivity index (χ4v) is 3.31. The molecule has 0 saturated carbocycles. The molecule has 1 N–H and O–H groups in total. The lowest BCUT2D eigenvalue weighted by molar-refractivity contribution is 0.199. The van der Waals surface area contributed by atoms with Gasteiger partial charge < -0.3 is 19.5 Å². The van der Waals surface area contributed by atoms with E-state index in [0.717, 1.165) is 31.7 Å². The molecule has 1 heterocycles. The molecular formula is C21H29ClN2O3. The second-order valence-corrected chi connectivity index (χ2v) is 6.69. The van der Waals surface area contributed by atoms with Crippen LogP contribution in [0.15, 0.2) is 42.5 Å². The first-order valence-corrected chi connectivity index (χ1v) is 9.07. The van der Waals surface area contributed by atoms with Crippen LogP contribution in [0.2, 0.25) is 0 Å². The van der Waals surface area contributed by atoms with Gasteiger partial charge in [0.25, 0.3) is 0 Å². The molecule has 148 valence electrons. The third kappa shape index (κ3) is 5.76. The second-order valence-electron chi connectivity index (χ2n) is 6.69. The van der Waals surface area contributed by atoms with Crippen molar-refractivity contribution in [3.8, 4) is 17.2 Å². The van der Waals surface area contributed by atoms with Gasteiger partial charge in [-0.2, -0.15) is 0 Å². The topological polar surface area (TPSA) is 43.0 Å². The van der Waals surface area contributed by atoms with Crippen LogP contribution < -0.4 is 19.5 Å². The van der Waals surface area contributed by atoms with E-state index in [4.69, 9.17) is 14.2 Å². The van der Waals surface area contributed by atoms with E-state index in [2.05, 4.69) is 29.3 Å². The van der Waals surface area contributed by atoms with Gasteiger partial charge in [0.15, 0.2) is 11.5 Å². The Morgan fingerprint density at radius 3 is 2.30 bits per heavy atom. The van der Waals surface area contributed by atoms with Crippen molar-refractivity contribution in [2.24, 2.45) is 0 Å². The summed E-state index contributed by atoms with van der Waals surface area (Å²) in [5.41, 5.74) is 2.27. The Kier molecular flexibility index (Phi) is 8.23. The highest BCUT2D eigenvalue weighted by atomic mass is 35.5. The summed E-state index contributed by atoms with van der Waals surface area (Å²) in [5, 5.41) is 3.47. The number of hydrogen-bond donors (Lipinski definition) is 1. The van der Waals surface area contributed by atoms with Gasteiger partial charge in [0.1, 0.15) is 6.61 Å². The van der Waals surface area contributed by atoms with Crippen molar-refractivity contribution in [1.29, 1.82) is 0 Å².